The highest BCUT2D eigenvalue weighted by Crippen LogP contribution is 2.69. The number of rotatable bonds is 3. The first-order chi connectivity index (χ1) is 30.6. The van der Waals surface area contributed by atoms with Crippen LogP contribution in [0.25, 0.3) is 109 Å². The molecule has 302 valence electrons. The fourth-order valence-corrected chi connectivity index (χ4v) is 12.8. The molecule has 0 heteroatoms. The van der Waals surface area contributed by atoms with Gasteiger partial charge in [-0.3, -0.25) is 0 Å². The van der Waals surface area contributed by atoms with E-state index in [4.69, 9.17) is 0 Å². The Hall–Kier alpha value is -7.02. The minimum Gasteiger partial charge on any atom is -0.0616 e. The van der Waals surface area contributed by atoms with Crippen LogP contribution in [0.4, 0.5) is 0 Å². The standard InChI is InChI=1S/C63H50/c1-61(2,3)63(62(4,5)6)55-38-54(46-25-10-12-26-47(46)58(55)59-48-27-13-9-23-44(48)45-24-11-18-32-53(45)60(59)63)57-51-30-16-14-28-49(51)56(50-29-15-17-31-52(50)57)41-36-34-40(35-37-41)43-33-19-21-39-20-7-8-22-42(39)43/h7-38H,1-6H3. The smallest absolute Gasteiger partial charge is 0.0318 e. The molecular weight excluding hydrogens is 757 g/mol. The quantitative estimate of drug-likeness (QED) is 0.123. The maximum atomic E-state index is 2.66. The van der Waals surface area contributed by atoms with Crippen molar-refractivity contribution in [2.45, 2.75) is 47.0 Å². The molecule has 1 aliphatic carbocycles. The van der Waals surface area contributed by atoms with E-state index >= 15 is 0 Å². The summed E-state index contributed by atoms with van der Waals surface area (Å²) in [6, 6.07) is 73.2. The zero-order valence-electron chi connectivity index (χ0n) is 37.0. The average molecular weight is 807 g/mol. The van der Waals surface area contributed by atoms with Gasteiger partial charge in [0.2, 0.25) is 0 Å². The lowest BCUT2D eigenvalue weighted by Crippen LogP contribution is -2.50. The van der Waals surface area contributed by atoms with Crippen molar-refractivity contribution in [2.75, 3.05) is 0 Å². The second-order valence-corrected chi connectivity index (χ2v) is 19.9. The molecule has 11 aromatic carbocycles. The summed E-state index contributed by atoms with van der Waals surface area (Å²) in [5.74, 6) is 0. The van der Waals surface area contributed by atoms with Gasteiger partial charge in [0.25, 0.3) is 0 Å². The van der Waals surface area contributed by atoms with Gasteiger partial charge in [-0.2, -0.15) is 0 Å². The number of hydrogen-bond donors (Lipinski definition) is 0. The molecule has 0 spiro atoms. The zero-order chi connectivity index (χ0) is 42.8. The first-order valence-electron chi connectivity index (χ1n) is 22.6. The molecule has 0 saturated carbocycles. The lowest BCUT2D eigenvalue weighted by molar-refractivity contribution is 0.0965. The van der Waals surface area contributed by atoms with Crippen LogP contribution < -0.4 is 0 Å². The van der Waals surface area contributed by atoms with Gasteiger partial charge in [-0.25, -0.2) is 0 Å². The minimum atomic E-state index is -0.343. The molecule has 1 aliphatic rings. The Labute approximate surface area is 370 Å². The third-order valence-electron chi connectivity index (χ3n) is 14.7. The third-order valence-corrected chi connectivity index (χ3v) is 14.7. The second-order valence-electron chi connectivity index (χ2n) is 19.9. The molecule has 63 heavy (non-hydrogen) atoms. The zero-order valence-corrected chi connectivity index (χ0v) is 37.0. The summed E-state index contributed by atoms with van der Waals surface area (Å²) in [6.07, 6.45) is 0. The van der Waals surface area contributed by atoms with Crippen LogP contribution in [-0.4, -0.2) is 0 Å². The molecule has 12 rings (SSSR count). The average Bonchev–Trinajstić information content (AvgIpc) is 3.64. The predicted octanol–water partition coefficient (Wildman–Crippen LogP) is 18.0. The molecule has 0 aromatic heterocycles. The Morgan fingerprint density at radius 1 is 0.286 bits per heavy atom. The summed E-state index contributed by atoms with van der Waals surface area (Å²) in [4.78, 5) is 0. The highest BCUT2D eigenvalue weighted by Gasteiger charge is 2.59. The van der Waals surface area contributed by atoms with Gasteiger partial charge in [0.1, 0.15) is 0 Å². The first kappa shape index (κ1) is 37.7. The van der Waals surface area contributed by atoms with Crippen LogP contribution in [0.1, 0.15) is 52.7 Å². The summed E-state index contributed by atoms with van der Waals surface area (Å²) >= 11 is 0. The summed E-state index contributed by atoms with van der Waals surface area (Å²) in [5, 5.41) is 15.6. The largest absolute Gasteiger partial charge is 0.0616 e. The van der Waals surface area contributed by atoms with Crippen molar-refractivity contribution in [3.05, 3.63) is 205 Å². The molecule has 0 N–H and O–H groups in total. The van der Waals surface area contributed by atoms with Crippen molar-refractivity contribution in [1.29, 1.82) is 0 Å². The Morgan fingerprint density at radius 2 is 0.683 bits per heavy atom. The number of benzene rings is 11. The number of hydrogen-bond acceptors (Lipinski definition) is 0. The summed E-state index contributed by atoms with van der Waals surface area (Å²) in [7, 11) is 0. The first-order valence-corrected chi connectivity index (χ1v) is 22.6. The van der Waals surface area contributed by atoms with Crippen molar-refractivity contribution < 1.29 is 0 Å². The van der Waals surface area contributed by atoms with Crippen molar-refractivity contribution in [1.82, 2.24) is 0 Å². The van der Waals surface area contributed by atoms with Gasteiger partial charge in [0.15, 0.2) is 0 Å². The predicted molar refractivity (Wildman–Crippen MR) is 273 cm³/mol. The van der Waals surface area contributed by atoms with Crippen LogP contribution in [0.2, 0.25) is 0 Å². The Balaban J connectivity index is 1.19. The molecule has 0 aliphatic heterocycles. The van der Waals surface area contributed by atoms with E-state index < -0.39 is 0 Å². The fourth-order valence-electron chi connectivity index (χ4n) is 12.8. The maximum Gasteiger partial charge on any atom is 0.0318 e. The Morgan fingerprint density at radius 3 is 1.24 bits per heavy atom. The Bertz CT molecular complexity index is 3600. The lowest BCUT2D eigenvalue weighted by atomic mass is 9.49. The SMILES string of the molecule is CC(C)(C)C1(C(C)(C)C)c2cc(-c3c4ccccc4c(-c4ccc(-c5cccc6ccccc56)cc4)c4ccccc34)c3ccccc3c2-c2c1c1ccccc1c1ccccc21. The van der Waals surface area contributed by atoms with E-state index in [1.165, 1.54) is 120 Å². The van der Waals surface area contributed by atoms with Crippen LogP contribution >= 0.6 is 0 Å². The van der Waals surface area contributed by atoms with Gasteiger partial charge in [-0.15, -0.1) is 0 Å². The number of fused-ring (bicyclic) bond motifs is 13. The monoisotopic (exact) mass is 806 g/mol. The molecule has 0 bridgehead atoms. The van der Waals surface area contributed by atoms with E-state index in [9.17, 15) is 0 Å². The van der Waals surface area contributed by atoms with E-state index in [2.05, 4.69) is 236 Å². The molecule has 0 saturated heterocycles. The molecule has 0 nitrogen and oxygen atoms in total. The molecular formula is C63H50. The Kier molecular flexibility index (Phi) is 8.08. The van der Waals surface area contributed by atoms with E-state index in [0.717, 1.165) is 0 Å². The summed E-state index contributed by atoms with van der Waals surface area (Å²) in [5.41, 5.74) is 12.7. The van der Waals surface area contributed by atoms with E-state index in [1.54, 1.807) is 0 Å². The van der Waals surface area contributed by atoms with Gasteiger partial charge < -0.3 is 0 Å². The summed E-state index contributed by atoms with van der Waals surface area (Å²) in [6.45, 7) is 14.9. The van der Waals surface area contributed by atoms with Crippen LogP contribution in [0.15, 0.2) is 194 Å². The van der Waals surface area contributed by atoms with E-state index in [1.807, 2.05) is 0 Å². The highest BCUT2D eigenvalue weighted by molar-refractivity contribution is 6.27. The molecule has 0 amide bonds. The van der Waals surface area contributed by atoms with Crippen LogP contribution in [0, 0.1) is 10.8 Å². The molecule has 0 unspecified atom stereocenters. The van der Waals surface area contributed by atoms with Crippen LogP contribution in [0.3, 0.4) is 0 Å². The molecule has 0 radical (unpaired) electrons. The van der Waals surface area contributed by atoms with Crippen LogP contribution in [0.5, 0.6) is 0 Å². The third kappa shape index (κ3) is 5.16. The van der Waals surface area contributed by atoms with Gasteiger partial charge in [0, 0.05) is 5.41 Å². The second kappa shape index (κ2) is 13.5. The van der Waals surface area contributed by atoms with Gasteiger partial charge in [-0.1, -0.05) is 230 Å². The summed E-state index contributed by atoms with van der Waals surface area (Å²) < 4.78 is 0. The highest BCUT2D eigenvalue weighted by atomic mass is 14.6. The van der Waals surface area contributed by atoms with Gasteiger partial charge in [0.05, 0.1) is 0 Å². The fraction of sp³-hybridized carbons (Fsp3) is 0.143. The van der Waals surface area contributed by atoms with Crippen molar-refractivity contribution in [3.63, 3.8) is 0 Å². The molecule has 0 heterocycles. The minimum absolute atomic E-state index is 0.150. The topological polar surface area (TPSA) is 0 Å². The normalized spacial score (nSPS) is 13.7. The van der Waals surface area contributed by atoms with Gasteiger partial charge >= 0.3 is 0 Å². The van der Waals surface area contributed by atoms with Gasteiger partial charge in [-0.05, 0) is 137 Å². The van der Waals surface area contributed by atoms with Crippen LogP contribution in [-0.2, 0) is 5.41 Å². The lowest BCUT2D eigenvalue weighted by Gasteiger charge is -2.53. The molecule has 11 aromatic rings. The van der Waals surface area contributed by atoms with E-state index in [-0.39, 0.29) is 16.2 Å². The van der Waals surface area contributed by atoms with Crippen molar-refractivity contribution >= 4 is 64.6 Å². The van der Waals surface area contributed by atoms with E-state index in [0.29, 0.717) is 0 Å². The maximum absolute atomic E-state index is 2.66. The van der Waals surface area contributed by atoms with Crippen molar-refractivity contribution in [2.24, 2.45) is 10.8 Å². The van der Waals surface area contributed by atoms with Crippen molar-refractivity contribution in [3.8, 4) is 44.5 Å². The molecule has 0 atom stereocenters. The molecule has 0 fully saturated rings.